The average Bonchev–Trinajstić information content (AvgIpc) is 3.40. The van der Waals surface area contributed by atoms with Crippen LogP contribution in [0, 0.1) is 17.8 Å². The maximum absolute atomic E-state index is 5.49. The predicted molar refractivity (Wildman–Crippen MR) is 103 cm³/mol. The highest BCUT2D eigenvalue weighted by Crippen LogP contribution is 2.39. The van der Waals surface area contributed by atoms with Crippen molar-refractivity contribution >= 4 is 5.82 Å². The van der Waals surface area contributed by atoms with Gasteiger partial charge in [-0.15, -0.1) is 10.2 Å². The fourth-order valence-electron chi connectivity index (χ4n) is 5.13. The molecule has 2 aromatic rings. The number of likely N-dealkylation sites (tertiary alicyclic amines) is 1. The zero-order valence-electron chi connectivity index (χ0n) is 15.7. The highest BCUT2D eigenvalue weighted by molar-refractivity contribution is 5.52. The molecule has 1 saturated carbocycles. The third kappa shape index (κ3) is 3.87. The molecular formula is C21H28N4O2. The molecule has 1 unspecified atom stereocenters. The lowest BCUT2D eigenvalue weighted by Gasteiger charge is -2.27. The summed E-state index contributed by atoms with van der Waals surface area (Å²) in [7, 11) is 0. The zero-order valence-corrected chi connectivity index (χ0v) is 15.7. The summed E-state index contributed by atoms with van der Waals surface area (Å²) in [6.45, 7) is 5.72. The summed E-state index contributed by atoms with van der Waals surface area (Å²) in [5, 5.41) is 12.2. The zero-order chi connectivity index (χ0) is 18.1. The molecule has 1 aliphatic carbocycles. The number of anilines is 1. The third-order valence-electron chi connectivity index (χ3n) is 6.47. The van der Waals surface area contributed by atoms with E-state index in [1.807, 2.05) is 24.3 Å². The Bertz CT molecular complexity index is 713. The van der Waals surface area contributed by atoms with Crippen LogP contribution in [-0.2, 0) is 4.74 Å². The summed E-state index contributed by atoms with van der Waals surface area (Å²) in [6, 6.07) is 8.28. The molecule has 2 aliphatic heterocycles. The largest absolute Gasteiger partial charge is 0.463 e. The molecule has 3 fully saturated rings. The smallest absolute Gasteiger partial charge is 0.154 e. The van der Waals surface area contributed by atoms with Gasteiger partial charge in [0.2, 0.25) is 0 Å². The first-order valence-corrected chi connectivity index (χ1v) is 10.3. The van der Waals surface area contributed by atoms with E-state index in [9.17, 15) is 0 Å². The van der Waals surface area contributed by atoms with Gasteiger partial charge in [-0.25, -0.2) is 0 Å². The molecule has 3 atom stereocenters. The molecule has 4 heterocycles. The SMILES string of the molecule is c1coc(-c2ccc(NC3C[C@@H]4CN(CC5CCOCC5)C[C@@H]4C3)nn2)c1. The second kappa shape index (κ2) is 7.60. The van der Waals surface area contributed by atoms with Crippen molar-refractivity contribution in [1.29, 1.82) is 0 Å². The van der Waals surface area contributed by atoms with Gasteiger partial charge in [0.05, 0.1) is 6.26 Å². The quantitative estimate of drug-likeness (QED) is 0.874. The Morgan fingerprint density at radius 3 is 2.52 bits per heavy atom. The molecule has 0 amide bonds. The van der Waals surface area contributed by atoms with Crippen molar-refractivity contribution in [2.75, 3.05) is 38.2 Å². The normalized spacial score (nSPS) is 29.1. The number of furan rings is 1. The molecule has 0 aromatic carbocycles. The van der Waals surface area contributed by atoms with Gasteiger partial charge in [-0.1, -0.05) is 0 Å². The summed E-state index contributed by atoms with van der Waals surface area (Å²) in [5.74, 6) is 4.13. The van der Waals surface area contributed by atoms with Crippen LogP contribution in [0.25, 0.3) is 11.5 Å². The first-order valence-electron chi connectivity index (χ1n) is 10.3. The van der Waals surface area contributed by atoms with Crippen LogP contribution >= 0.6 is 0 Å². The maximum Gasteiger partial charge on any atom is 0.154 e. The molecule has 0 radical (unpaired) electrons. The fourth-order valence-corrected chi connectivity index (χ4v) is 5.13. The number of hydrogen-bond acceptors (Lipinski definition) is 6. The van der Waals surface area contributed by atoms with Gasteiger partial charge in [-0.05, 0) is 67.7 Å². The van der Waals surface area contributed by atoms with Crippen LogP contribution in [0.2, 0.25) is 0 Å². The molecule has 6 nitrogen and oxygen atoms in total. The summed E-state index contributed by atoms with van der Waals surface area (Å²) in [5.41, 5.74) is 0.776. The third-order valence-corrected chi connectivity index (χ3v) is 6.47. The number of aromatic nitrogens is 2. The van der Waals surface area contributed by atoms with Crippen molar-refractivity contribution in [3.63, 3.8) is 0 Å². The lowest BCUT2D eigenvalue weighted by atomic mass is 10.00. The van der Waals surface area contributed by atoms with Gasteiger partial charge in [0, 0.05) is 38.9 Å². The number of nitrogens with one attached hydrogen (secondary N) is 1. The molecule has 0 spiro atoms. The number of rotatable bonds is 5. The van der Waals surface area contributed by atoms with Crippen LogP contribution in [0.3, 0.4) is 0 Å². The predicted octanol–water partition coefficient (Wildman–Crippen LogP) is 3.29. The maximum atomic E-state index is 5.49. The standard InChI is InChI=1S/C21H28N4O2/c1-2-20(27-7-1)19-3-4-21(24-23-19)22-18-10-16-13-25(14-17(16)11-18)12-15-5-8-26-9-6-15/h1-4,7,15-18H,5-6,8-14H2,(H,22,24)/t16-,17+,18?. The van der Waals surface area contributed by atoms with Gasteiger partial charge < -0.3 is 19.4 Å². The molecule has 6 heteroatoms. The second-order valence-corrected chi connectivity index (χ2v) is 8.39. The first-order chi connectivity index (χ1) is 13.3. The van der Waals surface area contributed by atoms with Gasteiger partial charge in [-0.3, -0.25) is 0 Å². The minimum Gasteiger partial charge on any atom is -0.463 e. The Labute approximate surface area is 160 Å². The van der Waals surface area contributed by atoms with E-state index >= 15 is 0 Å². The van der Waals surface area contributed by atoms with E-state index in [-0.39, 0.29) is 0 Å². The van der Waals surface area contributed by atoms with E-state index in [1.165, 1.54) is 45.3 Å². The molecular weight excluding hydrogens is 340 g/mol. The summed E-state index contributed by atoms with van der Waals surface area (Å²) in [4.78, 5) is 2.71. The molecule has 1 N–H and O–H groups in total. The molecule has 0 bridgehead atoms. The van der Waals surface area contributed by atoms with Gasteiger partial charge in [0.15, 0.2) is 5.76 Å². The molecule has 27 heavy (non-hydrogen) atoms. The van der Waals surface area contributed by atoms with Gasteiger partial charge in [0.25, 0.3) is 0 Å². The molecule has 2 aromatic heterocycles. The van der Waals surface area contributed by atoms with Crippen LogP contribution < -0.4 is 5.32 Å². The van der Waals surface area contributed by atoms with Crippen molar-refractivity contribution in [2.24, 2.45) is 17.8 Å². The Balaban J connectivity index is 1.12. The van der Waals surface area contributed by atoms with Crippen LogP contribution in [0.5, 0.6) is 0 Å². The van der Waals surface area contributed by atoms with Gasteiger partial charge in [-0.2, -0.15) is 0 Å². The summed E-state index contributed by atoms with van der Waals surface area (Å²) in [6.07, 6.45) is 6.63. The minimum atomic E-state index is 0.522. The lowest BCUT2D eigenvalue weighted by molar-refractivity contribution is 0.0545. The van der Waals surface area contributed by atoms with Gasteiger partial charge >= 0.3 is 0 Å². The average molecular weight is 368 g/mol. The van der Waals surface area contributed by atoms with E-state index < -0.39 is 0 Å². The lowest BCUT2D eigenvalue weighted by Crippen LogP contribution is -2.32. The Kier molecular flexibility index (Phi) is 4.84. The molecule has 2 saturated heterocycles. The topological polar surface area (TPSA) is 63.4 Å². The monoisotopic (exact) mass is 368 g/mol. The molecule has 5 rings (SSSR count). The van der Waals surface area contributed by atoms with Crippen LogP contribution in [-0.4, -0.2) is 54.0 Å². The fraction of sp³-hybridized carbons (Fsp3) is 0.619. The Morgan fingerprint density at radius 1 is 1.04 bits per heavy atom. The molecule has 3 aliphatic rings. The van der Waals surface area contributed by atoms with Crippen molar-refractivity contribution in [1.82, 2.24) is 15.1 Å². The van der Waals surface area contributed by atoms with Crippen LogP contribution in [0.1, 0.15) is 25.7 Å². The van der Waals surface area contributed by atoms with E-state index in [2.05, 4.69) is 20.4 Å². The van der Waals surface area contributed by atoms with E-state index in [4.69, 9.17) is 9.15 Å². The summed E-state index contributed by atoms with van der Waals surface area (Å²) < 4.78 is 10.9. The number of nitrogens with zero attached hydrogens (tertiary/aromatic N) is 3. The first kappa shape index (κ1) is 17.2. The van der Waals surface area contributed by atoms with Gasteiger partial charge in [0.1, 0.15) is 11.5 Å². The van der Waals surface area contributed by atoms with Crippen LogP contribution in [0.15, 0.2) is 34.9 Å². The van der Waals surface area contributed by atoms with Crippen molar-refractivity contribution in [2.45, 2.75) is 31.7 Å². The van der Waals surface area contributed by atoms with E-state index in [1.54, 1.807) is 6.26 Å². The highest BCUT2D eigenvalue weighted by Gasteiger charge is 2.41. The Hall–Kier alpha value is -1.92. The summed E-state index contributed by atoms with van der Waals surface area (Å²) >= 11 is 0. The van der Waals surface area contributed by atoms with Crippen LogP contribution in [0.4, 0.5) is 5.82 Å². The second-order valence-electron chi connectivity index (χ2n) is 8.39. The van der Waals surface area contributed by atoms with E-state index in [0.29, 0.717) is 6.04 Å². The molecule has 144 valence electrons. The number of fused-ring (bicyclic) bond motifs is 1. The number of hydrogen-bond donors (Lipinski definition) is 1. The number of ether oxygens (including phenoxy) is 1. The van der Waals surface area contributed by atoms with Crippen molar-refractivity contribution < 1.29 is 9.15 Å². The highest BCUT2D eigenvalue weighted by atomic mass is 16.5. The minimum absolute atomic E-state index is 0.522. The van der Waals surface area contributed by atoms with Crippen molar-refractivity contribution in [3.05, 3.63) is 30.5 Å². The Morgan fingerprint density at radius 2 is 1.85 bits per heavy atom. The van der Waals surface area contributed by atoms with Crippen molar-refractivity contribution in [3.8, 4) is 11.5 Å². The van der Waals surface area contributed by atoms with E-state index in [0.717, 1.165) is 48.2 Å².